The Morgan fingerprint density at radius 1 is 1.29 bits per heavy atom. The average molecular weight is 399 g/mol. The third-order valence-corrected chi connectivity index (χ3v) is 7.49. The SMILES string of the molecule is O=C(N=S(=O)(CC1CC1)c1ccc2nn(-c3cncnc3)cc2c1)C1(F)CC1. The minimum atomic E-state index is -3.02. The van der Waals surface area contributed by atoms with Gasteiger partial charge in [-0.05, 0) is 49.8 Å². The van der Waals surface area contributed by atoms with Crippen LogP contribution in [0.25, 0.3) is 16.6 Å². The van der Waals surface area contributed by atoms with E-state index in [9.17, 15) is 13.4 Å². The van der Waals surface area contributed by atoms with Crippen molar-refractivity contribution >= 4 is 26.5 Å². The Balaban J connectivity index is 1.58. The molecule has 2 aromatic heterocycles. The second-order valence-corrected chi connectivity index (χ2v) is 9.77. The molecular weight excluding hydrogens is 381 g/mol. The van der Waals surface area contributed by atoms with Crippen molar-refractivity contribution in [1.29, 1.82) is 0 Å². The van der Waals surface area contributed by atoms with Crippen molar-refractivity contribution in [3.63, 3.8) is 0 Å². The van der Waals surface area contributed by atoms with Crippen molar-refractivity contribution in [3.05, 3.63) is 43.1 Å². The minimum absolute atomic E-state index is 0.166. The summed E-state index contributed by atoms with van der Waals surface area (Å²) in [6.07, 6.45) is 8.77. The molecule has 2 aliphatic rings. The second-order valence-electron chi connectivity index (χ2n) is 7.50. The fourth-order valence-electron chi connectivity index (χ4n) is 3.07. The molecular formula is C19H18FN5O2S. The maximum Gasteiger partial charge on any atom is 0.291 e. The first kappa shape index (κ1) is 17.4. The Morgan fingerprint density at radius 2 is 2.04 bits per heavy atom. The molecule has 28 heavy (non-hydrogen) atoms. The normalized spacial score (nSPS) is 19.9. The molecule has 0 saturated heterocycles. The summed E-state index contributed by atoms with van der Waals surface area (Å²) >= 11 is 0. The molecule has 9 heteroatoms. The summed E-state index contributed by atoms with van der Waals surface area (Å²) < 4.78 is 33.4. The molecule has 2 fully saturated rings. The van der Waals surface area contributed by atoms with Crippen LogP contribution in [0.3, 0.4) is 0 Å². The number of halogens is 1. The van der Waals surface area contributed by atoms with Gasteiger partial charge in [0.25, 0.3) is 5.91 Å². The quantitative estimate of drug-likeness (QED) is 0.658. The lowest BCUT2D eigenvalue weighted by Crippen LogP contribution is -2.19. The number of aromatic nitrogens is 4. The number of nitrogens with zero attached hydrogens (tertiary/aromatic N) is 5. The molecule has 1 aromatic carbocycles. The Bertz CT molecular complexity index is 1190. The van der Waals surface area contributed by atoms with E-state index in [0.29, 0.717) is 21.9 Å². The summed E-state index contributed by atoms with van der Waals surface area (Å²) in [7, 11) is -3.02. The van der Waals surface area contributed by atoms with Gasteiger partial charge in [-0.1, -0.05) is 0 Å². The number of alkyl halides is 1. The third-order valence-electron chi connectivity index (χ3n) is 5.12. The zero-order valence-corrected chi connectivity index (χ0v) is 15.8. The molecule has 0 radical (unpaired) electrons. The fraction of sp³-hybridized carbons (Fsp3) is 0.368. The smallest absolute Gasteiger partial charge is 0.268 e. The molecule has 1 amide bonds. The van der Waals surface area contributed by atoms with Crippen LogP contribution in [0.2, 0.25) is 0 Å². The summed E-state index contributed by atoms with van der Waals surface area (Å²) in [5, 5.41) is 5.23. The number of hydrogen-bond donors (Lipinski definition) is 0. The lowest BCUT2D eigenvalue weighted by atomic mass is 10.3. The van der Waals surface area contributed by atoms with Crippen molar-refractivity contribution in [2.45, 2.75) is 36.2 Å². The molecule has 2 aliphatic carbocycles. The van der Waals surface area contributed by atoms with Crippen LogP contribution in [0.5, 0.6) is 0 Å². The molecule has 0 spiro atoms. The van der Waals surface area contributed by atoms with Gasteiger partial charge in [0.15, 0.2) is 5.67 Å². The summed E-state index contributed by atoms with van der Waals surface area (Å²) in [5.41, 5.74) is -0.502. The van der Waals surface area contributed by atoms with E-state index in [1.165, 1.54) is 6.33 Å². The van der Waals surface area contributed by atoms with E-state index in [-0.39, 0.29) is 18.8 Å². The number of rotatable bonds is 5. The van der Waals surface area contributed by atoms with Gasteiger partial charge in [0, 0.05) is 22.2 Å². The van der Waals surface area contributed by atoms with Gasteiger partial charge in [-0.25, -0.2) is 23.2 Å². The minimum Gasteiger partial charge on any atom is -0.268 e. The summed E-state index contributed by atoms with van der Waals surface area (Å²) in [4.78, 5) is 20.6. The standard InChI is InChI=1S/C19H18FN5O2S/c20-19(5-6-19)18(26)24-28(27,11-13-1-2-13)16-3-4-17-14(7-16)10-25(23-17)15-8-21-12-22-9-15/h3-4,7-10,12-13H,1-2,5-6,11H2. The molecule has 0 N–H and O–H groups in total. The van der Waals surface area contributed by atoms with Crippen LogP contribution < -0.4 is 0 Å². The molecule has 144 valence electrons. The largest absolute Gasteiger partial charge is 0.291 e. The first-order valence-corrected chi connectivity index (χ1v) is 10.9. The Morgan fingerprint density at radius 3 is 2.71 bits per heavy atom. The first-order valence-electron chi connectivity index (χ1n) is 9.18. The van der Waals surface area contributed by atoms with Crippen LogP contribution in [-0.4, -0.2) is 41.3 Å². The van der Waals surface area contributed by atoms with E-state index in [4.69, 9.17) is 0 Å². The molecule has 1 unspecified atom stereocenters. The van der Waals surface area contributed by atoms with Crippen molar-refractivity contribution in [2.75, 3.05) is 5.75 Å². The topological polar surface area (TPSA) is 90.1 Å². The van der Waals surface area contributed by atoms with Gasteiger partial charge in [-0.3, -0.25) is 4.79 Å². The zero-order valence-electron chi connectivity index (χ0n) is 15.0. The number of fused-ring (bicyclic) bond motifs is 1. The Labute approximate surface area is 161 Å². The van der Waals surface area contributed by atoms with E-state index >= 15 is 0 Å². The number of hydrogen-bond acceptors (Lipinski definition) is 5. The highest BCUT2D eigenvalue weighted by Crippen LogP contribution is 2.42. The van der Waals surface area contributed by atoms with E-state index in [0.717, 1.165) is 18.2 Å². The van der Waals surface area contributed by atoms with Gasteiger partial charge >= 0.3 is 0 Å². The molecule has 2 heterocycles. The predicted octanol–water partition coefficient (Wildman–Crippen LogP) is 3.08. The highest BCUT2D eigenvalue weighted by Gasteiger charge is 2.51. The molecule has 3 aromatic rings. The predicted molar refractivity (Wildman–Crippen MR) is 101 cm³/mol. The summed E-state index contributed by atoms with van der Waals surface area (Å²) in [6.45, 7) is 0. The van der Waals surface area contributed by atoms with Crippen molar-refractivity contribution in [3.8, 4) is 5.69 Å². The van der Waals surface area contributed by atoms with Crippen LogP contribution in [-0.2, 0) is 14.5 Å². The molecule has 5 rings (SSSR count). The number of amides is 1. The van der Waals surface area contributed by atoms with Crippen LogP contribution in [0.15, 0.2) is 52.4 Å². The van der Waals surface area contributed by atoms with Gasteiger partial charge in [0.2, 0.25) is 0 Å². The van der Waals surface area contributed by atoms with E-state index in [1.54, 1.807) is 41.5 Å². The molecule has 7 nitrogen and oxygen atoms in total. The fourth-order valence-corrected chi connectivity index (χ4v) is 5.44. The van der Waals surface area contributed by atoms with Crippen LogP contribution in [0, 0.1) is 5.92 Å². The highest BCUT2D eigenvalue weighted by atomic mass is 32.2. The maximum atomic E-state index is 14.1. The highest BCUT2D eigenvalue weighted by molar-refractivity contribution is 7.94. The second kappa shape index (κ2) is 6.16. The zero-order chi connectivity index (χ0) is 19.4. The van der Waals surface area contributed by atoms with Crippen LogP contribution in [0.1, 0.15) is 25.7 Å². The van der Waals surface area contributed by atoms with E-state index < -0.39 is 21.3 Å². The maximum absolute atomic E-state index is 14.1. The first-order chi connectivity index (χ1) is 13.5. The molecule has 0 aliphatic heterocycles. The van der Waals surface area contributed by atoms with Crippen molar-refractivity contribution in [2.24, 2.45) is 10.3 Å². The van der Waals surface area contributed by atoms with Crippen LogP contribution in [0.4, 0.5) is 4.39 Å². The molecule has 0 bridgehead atoms. The summed E-state index contributed by atoms with van der Waals surface area (Å²) in [6, 6.07) is 5.17. The average Bonchev–Trinajstić information content (AvgIpc) is 3.61. The lowest BCUT2D eigenvalue weighted by Gasteiger charge is -2.10. The van der Waals surface area contributed by atoms with Crippen molar-refractivity contribution < 1.29 is 13.4 Å². The Hall–Kier alpha value is -2.68. The summed E-state index contributed by atoms with van der Waals surface area (Å²) in [5.74, 6) is -0.310. The lowest BCUT2D eigenvalue weighted by molar-refractivity contribution is -0.123. The van der Waals surface area contributed by atoms with Crippen molar-refractivity contribution in [1.82, 2.24) is 19.7 Å². The van der Waals surface area contributed by atoms with E-state index in [2.05, 4.69) is 19.4 Å². The number of carbonyl (C=O) groups is 1. The number of carbonyl (C=O) groups excluding carboxylic acids is 1. The number of benzene rings is 1. The van der Waals surface area contributed by atoms with Crippen LogP contribution >= 0.6 is 0 Å². The van der Waals surface area contributed by atoms with Gasteiger partial charge in [0.1, 0.15) is 12.0 Å². The monoisotopic (exact) mass is 399 g/mol. The Kier molecular flexibility index (Phi) is 3.84. The van der Waals surface area contributed by atoms with Gasteiger partial charge in [-0.2, -0.15) is 9.46 Å². The van der Waals surface area contributed by atoms with Gasteiger partial charge in [0.05, 0.1) is 27.6 Å². The molecule has 1 atom stereocenters. The van der Waals surface area contributed by atoms with Gasteiger partial charge in [-0.15, -0.1) is 0 Å². The molecule has 2 saturated carbocycles. The van der Waals surface area contributed by atoms with Gasteiger partial charge < -0.3 is 0 Å². The van der Waals surface area contributed by atoms with E-state index in [1.807, 2.05) is 0 Å². The third kappa shape index (κ3) is 3.19.